The topological polar surface area (TPSA) is 152 Å². The molecule has 0 bridgehead atoms. The predicted molar refractivity (Wildman–Crippen MR) is 163 cm³/mol. The Hall–Kier alpha value is -4.20. The first kappa shape index (κ1) is 34.7. The Balaban J connectivity index is 1.92. The molecule has 2 aliphatic rings. The van der Waals surface area contributed by atoms with Crippen molar-refractivity contribution >= 4 is 51.9 Å². The van der Waals surface area contributed by atoms with Crippen molar-refractivity contribution in [1.82, 2.24) is 0 Å². The van der Waals surface area contributed by atoms with Gasteiger partial charge in [-0.05, 0) is 72.9 Å². The maximum Gasteiger partial charge on any atom is 0.303 e. The van der Waals surface area contributed by atoms with E-state index in [1.54, 1.807) is 50.4 Å². The number of benzene rings is 2. The van der Waals surface area contributed by atoms with Gasteiger partial charge in [-0.1, -0.05) is 18.2 Å². The third-order valence-corrected chi connectivity index (χ3v) is 8.72. The summed E-state index contributed by atoms with van der Waals surface area (Å²) in [7, 11) is -1.17. The minimum Gasteiger partial charge on any atom is -0.460 e. The second kappa shape index (κ2) is 13.7. The fraction of sp³-hybridized carbons (Fsp3) is 0.394. The highest BCUT2D eigenvalue weighted by atomic mass is 32.2. The van der Waals surface area contributed by atoms with E-state index in [2.05, 4.69) is 0 Å². The van der Waals surface area contributed by atoms with E-state index in [-0.39, 0.29) is 11.3 Å². The first-order valence-corrected chi connectivity index (χ1v) is 15.8. The van der Waals surface area contributed by atoms with Gasteiger partial charge in [0.15, 0.2) is 11.9 Å². The Morgan fingerprint density at radius 3 is 2.09 bits per heavy atom. The number of hydrogen-bond acceptors (Lipinski definition) is 11. The lowest BCUT2D eigenvalue weighted by molar-refractivity contribution is -0.316. The highest BCUT2D eigenvalue weighted by Gasteiger charge is 2.67. The average molecular weight is 659 g/mol. The SMILES string of the molecule is CC(=O)O[C@@H]1[C@@H](CO)OC(OC2=C(C)C(=Cc3ccc(S(C)=O)cc3)c3ccc(F)c(C)c32)[C@H](OC(C)=O)[C@]1(OC(C)=O)C(C)=O. The Bertz CT molecular complexity index is 1660. The molecule has 1 aliphatic carbocycles. The second-order valence-electron chi connectivity index (χ2n) is 11.0. The molecule has 2 aromatic carbocycles. The lowest BCUT2D eigenvalue weighted by atomic mass is 9.80. The number of rotatable bonds is 9. The van der Waals surface area contributed by atoms with Gasteiger partial charge in [0.05, 0.1) is 6.61 Å². The van der Waals surface area contributed by atoms with Gasteiger partial charge >= 0.3 is 17.9 Å². The van der Waals surface area contributed by atoms with Gasteiger partial charge < -0.3 is 28.8 Å². The summed E-state index contributed by atoms with van der Waals surface area (Å²) >= 11 is 0. The van der Waals surface area contributed by atoms with Crippen LogP contribution in [0.5, 0.6) is 0 Å². The molecule has 0 amide bonds. The summed E-state index contributed by atoms with van der Waals surface area (Å²) in [5.74, 6) is -4.11. The van der Waals surface area contributed by atoms with Crippen LogP contribution in [0.25, 0.3) is 17.4 Å². The van der Waals surface area contributed by atoms with Gasteiger partial charge in [0, 0.05) is 48.3 Å². The molecule has 1 saturated heterocycles. The van der Waals surface area contributed by atoms with E-state index in [0.717, 1.165) is 33.3 Å². The molecule has 11 nitrogen and oxygen atoms in total. The highest BCUT2D eigenvalue weighted by molar-refractivity contribution is 7.84. The smallest absolute Gasteiger partial charge is 0.303 e. The fourth-order valence-electron chi connectivity index (χ4n) is 5.76. The van der Waals surface area contributed by atoms with Gasteiger partial charge in [0.1, 0.15) is 17.7 Å². The number of carbonyl (C=O) groups is 4. The standard InChI is InChI=1S/C33H35FO11S/c1-16-25(14-22-8-10-23(11-9-22)46(7)40)24-12-13-26(34)17(2)28(24)29(16)44-32-31(42-20(5)38)33(18(3)36,45-21(6)39)30(41-19(4)37)27(15-35)43-32/h8-14,27,30-32,35H,15H2,1-7H3/t27-,30-,31+,32?,33+,46?/m1/s1. The molecule has 1 heterocycles. The molecule has 0 radical (unpaired) electrons. The zero-order valence-electron chi connectivity index (χ0n) is 26.4. The number of halogens is 1. The molecule has 0 saturated carbocycles. The molecule has 2 aromatic rings. The quantitative estimate of drug-likeness (QED) is 0.311. The van der Waals surface area contributed by atoms with Crippen LogP contribution in [-0.4, -0.2) is 76.1 Å². The van der Waals surface area contributed by atoms with Crippen molar-refractivity contribution in [1.29, 1.82) is 0 Å². The van der Waals surface area contributed by atoms with Crippen LogP contribution < -0.4 is 0 Å². The summed E-state index contributed by atoms with van der Waals surface area (Å²) in [5, 5.41) is 10.3. The highest BCUT2D eigenvalue weighted by Crippen LogP contribution is 2.47. The molecule has 0 aromatic heterocycles. The Labute approximate surface area is 267 Å². The van der Waals surface area contributed by atoms with Crippen LogP contribution >= 0.6 is 0 Å². The molecule has 246 valence electrons. The molecule has 1 N–H and O–H groups in total. The van der Waals surface area contributed by atoms with Gasteiger partial charge in [0.25, 0.3) is 5.60 Å². The van der Waals surface area contributed by atoms with E-state index < -0.39 is 77.1 Å². The van der Waals surface area contributed by atoms with Crippen LogP contribution in [0.1, 0.15) is 56.9 Å². The largest absolute Gasteiger partial charge is 0.460 e. The van der Waals surface area contributed by atoms with Crippen molar-refractivity contribution in [2.45, 2.75) is 76.6 Å². The van der Waals surface area contributed by atoms with Gasteiger partial charge in [0.2, 0.25) is 12.4 Å². The molecule has 6 atom stereocenters. The van der Waals surface area contributed by atoms with E-state index in [9.17, 15) is 28.5 Å². The van der Waals surface area contributed by atoms with E-state index >= 15 is 4.39 Å². The number of hydrogen-bond donors (Lipinski definition) is 1. The van der Waals surface area contributed by atoms with Gasteiger partial charge in [-0.3, -0.25) is 23.4 Å². The van der Waals surface area contributed by atoms with Crippen molar-refractivity contribution in [3.63, 3.8) is 0 Å². The molecule has 1 fully saturated rings. The third kappa shape index (κ3) is 6.53. The van der Waals surface area contributed by atoms with Crippen LogP contribution in [0, 0.1) is 12.7 Å². The fourth-order valence-corrected chi connectivity index (χ4v) is 6.28. The zero-order valence-corrected chi connectivity index (χ0v) is 27.2. The van der Waals surface area contributed by atoms with Gasteiger partial charge in [-0.15, -0.1) is 0 Å². The summed E-state index contributed by atoms with van der Waals surface area (Å²) in [5.41, 5.74) is 0.591. The van der Waals surface area contributed by atoms with E-state index in [4.69, 9.17) is 23.7 Å². The average Bonchev–Trinajstić information content (AvgIpc) is 3.23. The van der Waals surface area contributed by atoms with Gasteiger partial charge in [-0.25, -0.2) is 4.39 Å². The molecule has 4 rings (SSSR count). The van der Waals surface area contributed by atoms with E-state index in [1.165, 1.54) is 6.07 Å². The van der Waals surface area contributed by atoms with Crippen LogP contribution in [-0.2, 0) is 53.7 Å². The van der Waals surface area contributed by atoms with E-state index in [1.807, 2.05) is 6.08 Å². The molecular weight excluding hydrogens is 623 g/mol. The minimum absolute atomic E-state index is 0.106. The molecule has 1 aliphatic heterocycles. The number of Topliss-reactive ketones (excluding diaryl/α,β-unsaturated/α-hetero) is 1. The van der Waals surface area contributed by atoms with Crippen LogP contribution in [0.4, 0.5) is 4.39 Å². The zero-order chi connectivity index (χ0) is 34.1. The Morgan fingerprint density at radius 2 is 1.57 bits per heavy atom. The van der Waals surface area contributed by atoms with Gasteiger partial charge in [-0.2, -0.15) is 0 Å². The van der Waals surface area contributed by atoms with Crippen molar-refractivity contribution in [2.75, 3.05) is 12.9 Å². The number of ether oxygens (including phenoxy) is 5. The minimum atomic E-state index is -2.49. The van der Waals surface area contributed by atoms with Crippen molar-refractivity contribution < 1.29 is 56.6 Å². The van der Waals surface area contributed by atoms with Crippen molar-refractivity contribution in [3.05, 3.63) is 70.0 Å². The summed E-state index contributed by atoms with van der Waals surface area (Å²) in [4.78, 5) is 51.0. The monoisotopic (exact) mass is 658 g/mol. The number of aliphatic hydroxyl groups is 1. The normalized spacial score (nSPS) is 25.5. The second-order valence-corrected chi connectivity index (χ2v) is 12.4. The summed E-state index contributed by atoms with van der Waals surface area (Å²) in [6.45, 7) is 6.58. The van der Waals surface area contributed by atoms with Crippen molar-refractivity contribution in [2.24, 2.45) is 0 Å². The van der Waals surface area contributed by atoms with Crippen LogP contribution in [0.3, 0.4) is 0 Å². The summed E-state index contributed by atoms with van der Waals surface area (Å²) in [6.07, 6.45) is -3.38. The molecule has 46 heavy (non-hydrogen) atoms. The molecule has 2 unspecified atom stereocenters. The first-order valence-electron chi connectivity index (χ1n) is 14.3. The summed E-state index contributed by atoms with van der Waals surface area (Å²) in [6, 6.07) is 9.93. The maximum atomic E-state index is 15.0. The number of esters is 3. The number of fused-ring (bicyclic) bond motifs is 1. The third-order valence-electron chi connectivity index (χ3n) is 7.79. The maximum absolute atomic E-state index is 15.0. The molecule has 13 heteroatoms. The lowest BCUT2D eigenvalue weighted by Crippen LogP contribution is -2.73. The molecular formula is C33H35FO11S. The number of allylic oxidation sites excluding steroid dienone is 2. The Morgan fingerprint density at radius 1 is 0.957 bits per heavy atom. The number of aliphatic hydroxyl groups excluding tert-OH is 1. The van der Waals surface area contributed by atoms with Crippen LogP contribution in [0.2, 0.25) is 0 Å². The number of ketones is 1. The molecule has 0 spiro atoms. The van der Waals surface area contributed by atoms with E-state index in [0.29, 0.717) is 27.2 Å². The summed E-state index contributed by atoms with van der Waals surface area (Å²) < 4.78 is 55.7. The first-order chi connectivity index (χ1) is 21.6. The predicted octanol–water partition coefficient (Wildman–Crippen LogP) is 3.64. The number of carbonyl (C=O) groups excluding carboxylic acids is 4. The van der Waals surface area contributed by atoms with Crippen LogP contribution in [0.15, 0.2) is 46.9 Å². The lowest BCUT2D eigenvalue weighted by Gasteiger charge is -2.50. The van der Waals surface area contributed by atoms with Crippen molar-refractivity contribution in [3.8, 4) is 0 Å². The Kier molecular flexibility index (Phi) is 10.3.